The summed E-state index contributed by atoms with van der Waals surface area (Å²) >= 11 is 1.60. The van der Waals surface area contributed by atoms with E-state index in [-0.39, 0.29) is 48.8 Å². The van der Waals surface area contributed by atoms with E-state index in [0.29, 0.717) is 13.0 Å². The number of fused-ring (bicyclic) bond motifs is 2. The third-order valence-corrected chi connectivity index (χ3v) is 11.5. The number of hydrogen-bond donors (Lipinski definition) is 1. The van der Waals surface area contributed by atoms with Crippen molar-refractivity contribution in [2.45, 2.75) is 81.1 Å². The maximum absolute atomic E-state index is 14.8. The van der Waals surface area contributed by atoms with Gasteiger partial charge in [0.15, 0.2) is 0 Å². The molecule has 2 amide bonds. The van der Waals surface area contributed by atoms with Crippen molar-refractivity contribution in [3.8, 4) is 0 Å². The molecule has 1 aromatic carbocycles. The molecule has 1 spiro atoms. The lowest BCUT2D eigenvalue weighted by molar-refractivity contribution is -0.155. The van der Waals surface area contributed by atoms with Crippen LogP contribution in [-0.2, 0) is 25.8 Å². The summed E-state index contributed by atoms with van der Waals surface area (Å²) in [6, 6.07) is 6.15. The van der Waals surface area contributed by atoms with Crippen LogP contribution in [0.4, 0.5) is 0 Å². The van der Waals surface area contributed by atoms with Gasteiger partial charge < -0.3 is 19.6 Å². The Morgan fingerprint density at radius 1 is 1.28 bits per heavy atom. The van der Waals surface area contributed by atoms with Crippen molar-refractivity contribution in [1.82, 2.24) is 24.8 Å². The number of carbonyl (C=O) groups excluding carboxylic acids is 3. The predicted octanol–water partition coefficient (Wildman–Crippen LogP) is 3.80. The Kier molecular flexibility index (Phi) is 9.60. The number of aromatic nitrogens is 3. The van der Waals surface area contributed by atoms with E-state index in [1.165, 1.54) is 0 Å². The molecule has 5 rings (SSSR count). The highest BCUT2D eigenvalue weighted by atomic mass is 32.2. The quantitative estimate of drug-likeness (QED) is 0.184. The molecule has 2 aromatic rings. The lowest BCUT2D eigenvalue weighted by Gasteiger charge is -2.41. The molecule has 4 heterocycles. The number of aliphatic hydroxyl groups is 1. The summed E-state index contributed by atoms with van der Waals surface area (Å²) in [5.74, 6) is -2.17. The number of benzene rings is 1. The van der Waals surface area contributed by atoms with Gasteiger partial charge in [-0.2, -0.15) is 0 Å². The van der Waals surface area contributed by atoms with Gasteiger partial charge in [0.2, 0.25) is 11.8 Å². The highest BCUT2D eigenvalue weighted by Gasteiger charge is 2.75. The van der Waals surface area contributed by atoms with Crippen LogP contribution < -0.4 is 0 Å². The van der Waals surface area contributed by atoms with Crippen LogP contribution in [0.1, 0.15) is 52.4 Å². The fourth-order valence-electron chi connectivity index (χ4n) is 7.20. The molecule has 7 atom stereocenters. The molecule has 0 saturated carbocycles. The van der Waals surface area contributed by atoms with Gasteiger partial charge in [0.1, 0.15) is 18.2 Å². The van der Waals surface area contributed by atoms with Gasteiger partial charge >= 0.3 is 5.97 Å². The molecule has 2 unspecified atom stereocenters. The minimum atomic E-state index is -0.841. The zero-order chi connectivity index (χ0) is 30.7. The van der Waals surface area contributed by atoms with Gasteiger partial charge in [-0.05, 0) is 50.2 Å². The van der Waals surface area contributed by atoms with Crippen LogP contribution in [0.25, 0.3) is 11.0 Å². The van der Waals surface area contributed by atoms with Crippen LogP contribution in [0.2, 0.25) is 0 Å². The van der Waals surface area contributed by atoms with E-state index >= 15 is 0 Å². The number of para-hydroxylation sites is 1. The third kappa shape index (κ3) is 5.50. The van der Waals surface area contributed by atoms with E-state index in [4.69, 9.17) is 4.74 Å². The maximum atomic E-state index is 14.8. The van der Waals surface area contributed by atoms with Gasteiger partial charge in [-0.1, -0.05) is 49.8 Å². The second-order valence-electron chi connectivity index (χ2n) is 12.0. The first-order valence-corrected chi connectivity index (χ1v) is 16.3. The van der Waals surface area contributed by atoms with E-state index in [9.17, 15) is 19.5 Å². The number of likely N-dealkylation sites (tertiary alicyclic amines) is 1. The second kappa shape index (κ2) is 13.2. The second-order valence-corrected chi connectivity index (χ2v) is 13.6. The fourth-order valence-corrected chi connectivity index (χ4v) is 9.39. The third-order valence-electron chi connectivity index (χ3n) is 9.52. The molecule has 232 valence electrons. The Hall–Kier alpha value is -3.18. The minimum Gasteiger partial charge on any atom is -0.465 e. The lowest BCUT2D eigenvalue weighted by atomic mass is 9.71. The average Bonchev–Trinajstić information content (AvgIpc) is 3.76. The number of amides is 2. The Labute approximate surface area is 257 Å². The summed E-state index contributed by atoms with van der Waals surface area (Å²) < 4.78 is 6.62. The Morgan fingerprint density at radius 2 is 2.07 bits per heavy atom. The normalized spacial score (nSPS) is 27.2. The molecule has 3 aliphatic rings. The van der Waals surface area contributed by atoms with Gasteiger partial charge in [0.05, 0.1) is 41.4 Å². The van der Waals surface area contributed by atoms with E-state index < -0.39 is 28.7 Å². The number of nitrogens with zero attached hydrogens (tertiary/aromatic N) is 5. The van der Waals surface area contributed by atoms with Crippen molar-refractivity contribution >= 4 is 40.6 Å². The first-order chi connectivity index (χ1) is 20.8. The molecular formula is C32H43N5O5S. The van der Waals surface area contributed by atoms with E-state index in [1.807, 2.05) is 44.2 Å². The van der Waals surface area contributed by atoms with Crippen LogP contribution in [0.5, 0.6) is 0 Å². The fraction of sp³-hybridized carbons (Fsp3) is 0.594. The molecule has 11 heteroatoms. The number of allylic oxidation sites excluding steroid dienone is 1. The standard InChI is InChI=1S/C32H43N5O5S/c1-5-8-9-12-18-42-31(41)26-25-15-16-32(43-25)27(26)29(39)37(24(19-38)21(4)7-3)28(32)30(40)35(17-6-2)20-36-23-14-11-10-13-22(23)33-34-36/h5-6,10-11,13-14,21,24-28,38H,1-2,7-9,12,15-20H2,3-4H3/t21-,24-,25+,26-,27-,28?,32?/m0/s1. The lowest BCUT2D eigenvalue weighted by Crippen LogP contribution is -2.58. The number of hydrogen-bond acceptors (Lipinski definition) is 8. The summed E-state index contributed by atoms with van der Waals surface area (Å²) in [5.41, 5.74) is 1.51. The maximum Gasteiger partial charge on any atom is 0.310 e. The Balaban J connectivity index is 1.49. The summed E-state index contributed by atoms with van der Waals surface area (Å²) in [4.78, 5) is 46.1. The number of unbranched alkanes of at least 4 members (excludes halogenated alkanes) is 2. The van der Waals surface area contributed by atoms with Gasteiger partial charge in [-0.15, -0.1) is 30.0 Å². The van der Waals surface area contributed by atoms with E-state index in [1.54, 1.807) is 32.3 Å². The van der Waals surface area contributed by atoms with Crippen molar-refractivity contribution in [1.29, 1.82) is 0 Å². The molecule has 3 aliphatic heterocycles. The molecular weight excluding hydrogens is 566 g/mol. The molecule has 0 aliphatic carbocycles. The number of aliphatic hydroxyl groups excluding tert-OH is 1. The predicted molar refractivity (Wildman–Crippen MR) is 166 cm³/mol. The van der Waals surface area contributed by atoms with Crippen molar-refractivity contribution in [2.75, 3.05) is 19.8 Å². The van der Waals surface area contributed by atoms with Crippen molar-refractivity contribution in [3.63, 3.8) is 0 Å². The van der Waals surface area contributed by atoms with Crippen LogP contribution in [0.15, 0.2) is 49.6 Å². The smallest absolute Gasteiger partial charge is 0.310 e. The van der Waals surface area contributed by atoms with Gasteiger partial charge in [-0.3, -0.25) is 14.4 Å². The zero-order valence-corrected chi connectivity index (χ0v) is 26.0. The van der Waals surface area contributed by atoms with Crippen LogP contribution in [0, 0.1) is 17.8 Å². The van der Waals surface area contributed by atoms with Crippen LogP contribution in [0.3, 0.4) is 0 Å². The number of carbonyl (C=O) groups is 3. The Bertz CT molecular complexity index is 1360. The van der Waals surface area contributed by atoms with Crippen molar-refractivity contribution in [2.24, 2.45) is 17.8 Å². The van der Waals surface area contributed by atoms with Crippen LogP contribution >= 0.6 is 11.8 Å². The highest BCUT2D eigenvalue weighted by molar-refractivity contribution is 8.02. The first kappa shape index (κ1) is 31.3. The number of ether oxygens (including phenoxy) is 1. The van der Waals surface area contributed by atoms with Gasteiger partial charge in [0, 0.05) is 11.8 Å². The highest BCUT2D eigenvalue weighted by Crippen LogP contribution is 2.67. The molecule has 10 nitrogen and oxygen atoms in total. The largest absolute Gasteiger partial charge is 0.465 e. The van der Waals surface area contributed by atoms with Crippen molar-refractivity contribution in [3.05, 3.63) is 49.6 Å². The number of thioether (sulfide) groups is 1. The molecule has 43 heavy (non-hydrogen) atoms. The minimum absolute atomic E-state index is 0.0518. The first-order valence-electron chi connectivity index (χ1n) is 15.4. The zero-order valence-electron chi connectivity index (χ0n) is 25.1. The van der Waals surface area contributed by atoms with E-state index in [0.717, 1.165) is 43.1 Å². The molecule has 1 aromatic heterocycles. The SMILES string of the molecule is C=CCCCCOC(=O)[C@@H]1[C@H]2C(=O)N([C@@H](CO)[C@@H](C)CC)C(C(=O)N(CC=C)Cn3nnc4ccccc43)C23CC[C@H]1S3. The van der Waals surface area contributed by atoms with Crippen LogP contribution in [-0.4, -0.2) is 89.5 Å². The summed E-state index contributed by atoms with van der Waals surface area (Å²) in [6.07, 6.45) is 8.06. The monoisotopic (exact) mass is 609 g/mol. The topological polar surface area (TPSA) is 118 Å². The molecule has 2 bridgehead atoms. The van der Waals surface area contributed by atoms with Gasteiger partial charge in [-0.25, -0.2) is 4.68 Å². The summed E-state index contributed by atoms with van der Waals surface area (Å²) in [7, 11) is 0. The average molecular weight is 610 g/mol. The number of rotatable bonds is 15. The summed E-state index contributed by atoms with van der Waals surface area (Å²) in [6.45, 7) is 12.0. The molecule has 0 radical (unpaired) electrons. The Morgan fingerprint density at radius 3 is 2.79 bits per heavy atom. The van der Waals surface area contributed by atoms with Gasteiger partial charge in [0.25, 0.3) is 0 Å². The number of esters is 1. The van der Waals surface area contributed by atoms with Crippen molar-refractivity contribution < 1.29 is 24.2 Å². The molecule has 1 N–H and O–H groups in total. The summed E-state index contributed by atoms with van der Waals surface area (Å²) in [5, 5.41) is 19.1. The molecule has 3 fully saturated rings. The van der Waals surface area contributed by atoms with E-state index in [2.05, 4.69) is 23.5 Å². The molecule has 3 saturated heterocycles.